The number of aromatic nitrogens is 5. The van der Waals surface area contributed by atoms with Gasteiger partial charge in [-0.15, -0.1) is 0 Å². The van der Waals surface area contributed by atoms with Gasteiger partial charge in [-0.05, 0) is 6.07 Å². The van der Waals surface area contributed by atoms with Crippen LogP contribution in [0, 0.1) is 6.92 Å². The lowest BCUT2D eigenvalue weighted by Crippen LogP contribution is -1.91. The highest BCUT2D eigenvalue weighted by Crippen LogP contribution is 2.30. The van der Waals surface area contributed by atoms with Crippen LogP contribution in [-0.4, -0.2) is 25.1 Å². The normalized spacial score (nSPS) is 11.4. The molecule has 3 aromatic heterocycles. The first-order chi connectivity index (χ1) is 9.72. The van der Waals surface area contributed by atoms with Crippen LogP contribution >= 0.6 is 0 Å². The average molecular weight is 266 g/mol. The van der Waals surface area contributed by atoms with Gasteiger partial charge in [-0.25, -0.2) is 9.97 Å². The molecule has 0 spiro atoms. The first kappa shape index (κ1) is 10.9. The van der Waals surface area contributed by atoms with E-state index in [4.69, 9.17) is 10.3 Å². The smallest absolute Gasteiger partial charge is 0.223 e. The van der Waals surface area contributed by atoms with Crippen LogP contribution in [-0.2, 0) is 0 Å². The molecule has 20 heavy (non-hydrogen) atoms. The van der Waals surface area contributed by atoms with Crippen LogP contribution in [0.2, 0.25) is 0 Å². The van der Waals surface area contributed by atoms with E-state index in [0.717, 1.165) is 21.9 Å². The van der Waals surface area contributed by atoms with Crippen molar-refractivity contribution in [3.05, 3.63) is 30.4 Å². The van der Waals surface area contributed by atoms with Gasteiger partial charge in [0.1, 0.15) is 17.8 Å². The van der Waals surface area contributed by atoms with Gasteiger partial charge in [0.15, 0.2) is 0 Å². The minimum Gasteiger partial charge on any atom is -0.383 e. The van der Waals surface area contributed by atoms with Crippen LogP contribution in [0.5, 0.6) is 0 Å². The molecule has 7 nitrogen and oxygen atoms in total. The molecule has 0 saturated heterocycles. The second-order valence-electron chi connectivity index (χ2n) is 4.50. The highest BCUT2D eigenvalue weighted by atomic mass is 16.5. The number of fused-ring (bicyclic) bond motifs is 3. The van der Waals surface area contributed by atoms with Crippen molar-refractivity contribution in [1.82, 2.24) is 25.1 Å². The van der Waals surface area contributed by atoms with Gasteiger partial charge < -0.3 is 15.2 Å². The highest BCUT2D eigenvalue weighted by molar-refractivity contribution is 6.11. The molecule has 3 heterocycles. The number of anilines is 1. The van der Waals surface area contributed by atoms with Gasteiger partial charge in [0, 0.05) is 23.4 Å². The Morgan fingerprint density at radius 2 is 2.15 bits per heavy atom. The molecular weight excluding hydrogens is 256 g/mol. The van der Waals surface area contributed by atoms with Gasteiger partial charge >= 0.3 is 0 Å². The van der Waals surface area contributed by atoms with Crippen LogP contribution < -0.4 is 5.73 Å². The van der Waals surface area contributed by atoms with Crippen LogP contribution in [0.15, 0.2) is 29.0 Å². The Bertz CT molecular complexity index is 938. The number of nitrogens with zero attached hydrogens (tertiary/aromatic N) is 4. The molecule has 0 bridgehead atoms. The van der Waals surface area contributed by atoms with Crippen LogP contribution in [0.1, 0.15) is 5.89 Å². The van der Waals surface area contributed by atoms with Crippen LogP contribution in [0.4, 0.5) is 5.82 Å². The monoisotopic (exact) mass is 266 g/mol. The lowest BCUT2D eigenvalue weighted by Gasteiger charge is -1.96. The van der Waals surface area contributed by atoms with Gasteiger partial charge in [0.2, 0.25) is 11.7 Å². The summed E-state index contributed by atoms with van der Waals surface area (Å²) in [5.74, 6) is 1.55. The van der Waals surface area contributed by atoms with Gasteiger partial charge in [-0.1, -0.05) is 17.3 Å². The Hall–Kier alpha value is -2.96. The number of hydrogen-bond donors (Lipinski definition) is 2. The quantitative estimate of drug-likeness (QED) is 0.546. The molecule has 0 atom stereocenters. The Morgan fingerprint density at radius 1 is 1.25 bits per heavy atom. The van der Waals surface area contributed by atoms with Crippen molar-refractivity contribution in [1.29, 1.82) is 0 Å². The predicted molar refractivity (Wildman–Crippen MR) is 73.8 cm³/mol. The van der Waals surface area contributed by atoms with E-state index in [1.807, 2.05) is 18.2 Å². The van der Waals surface area contributed by atoms with Gasteiger partial charge in [-0.2, -0.15) is 4.98 Å². The Labute approximate surface area is 112 Å². The minimum absolute atomic E-state index is 0.462. The number of aromatic amines is 1. The van der Waals surface area contributed by atoms with Gasteiger partial charge in [-0.3, -0.25) is 0 Å². The summed E-state index contributed by atoms with van der Waals surface area (Å²) in [5.41, 5.74) is 8.40. The summed E-state index contributed by atoms with van der Waals surface area (Å²) in [5, 5.41) is 5.72. The number of rotatable bonds is 1. The molecule has 0 unspecified atom stereocenters. The maximum atomic E-state index is 5.91. The Morgan fingerprint density at radius 3 is 2.95 bits per heavy atom. The maximum Gasteiger partial charge on any atom is 0.223 e. The van der Waals surface area contributed by atoms with Crippen molar-refractivity contribution >= 4 is 27.8 Å². The molecule has 0 aliphatic carbocycles. The molecule has 0 amide bonds. The summed E-state index contributed by atoms with van der Waals surface area (Å²) in [4.78, 5) is 15.6. The average Bonchev–Trinajstić information content (AvgIpc) is 3.01. The summed E-state index contributed by atoms with van der Waals surface area (Å²) >= 11 is 0. The van der Waals surface area contributed by atoms with Crippen molar-refractivity contribution in [3.63, 3.8) is 0 Å². The van der Waals surface area contributed by atoms with E-state index < -0.39 is 0 Å². The molecule has 98 valence electrons. The zero-order valence-electron chi connectivity index (χ0n) is 10.6. The van der Waals surface area contributed by atoms with Crippen LogP contribution in [0.3, 0.4) is 0 Å². The molecule has 4 rings (SSSR count). The summed E-state index contributed by atoms with van der Waals surface area (Å²) in [7, 11) is 0. The zero-order valence-corrected chi connectivity index (χ0v) is 10.6. The molecule has 1 aromatic carbocycles. The molecule has 0 radical (unpaired) electrons. The number of hydrogen-bond acceptors (Lipinski definition) is 6. The number of nitrogens with two attached hydrogens (primary N) is 1. The molecular formula is C13H10N6O. The predicted octanol–water partition coefficient (Wildman–Crippen LogP) is 2.05. The fourth-order valence-electron chi connectivity index (χ4n) is 2.31. The van der Waals surface area contributed by atoms with Crippen molar-refractivity contribution < 1.29 is 4.52 Å². The molecule has 0 fully saturated rings. The number of nitrogen functional groups attached to an aromatic ring is 1. The topological polar surface area (TPSA) is 107 Å². The minimum atomic E-state index is 0.462. The molecule has 3 N–H and O–H groups in total. The maximum absolute atomic E-state index is 5.91. The Kier molecular flexibility index (Phi) is 2.06. The van der Waals surface area contributed by atoms with E-state index >= 15 is 0 Å². The fraction of sp³-hybridized carbons (Fsp3) is 0.0769. The highest BCUT2D eigenvalue weighted by Gasteiger charge is 2.12. The van der Waals surface area contributed by atoms with Crippen LogP contribution in [0.25, 0.3) is 33.3 Å². The molecule has 0 aliphatic rings. The van der Waals surface area contributed by atoms with Gasteiger partial charge in [0.25, 0.3) is 0 Å². The standard InChI is InChI=1S/C13H10N6O/c1-6-17-12(19-20-6)7-2-3-8-9(4-7)18-13-10(8)11(14)15-5-16-13/h2-5H,1H3,(H3,14,15,16,18). The fourth-order valence-corrected chi connectivity index (χ4v) is 2.31. The van der Waals surface area contributed by atoms with E-state index in [0.29, 0.717) is 23.2 Å². The molecule has 7 heteroatoms. The number of nitrogens with one attached hydrogen (secondary N) is 1. The Balaban J connectivity index is 2.01. The van der Waals surface area contributed by atoms with Crippen molar-refractivity contribution in [2.45, 2.75) is 6.92 Å². The largest absolute Gasteiger partial charge is 0.383 e. The molecule has 0 aliphatic heterocycles. The van der Waals surface area contributed by atoms with Crippen molar-refractivity contribution in [2.75, 3.05) is 5.73 Å². The van der Waals surface area contributed by atoms with E-state index in [9.17, 15) is 0 Å². The number of H-pyrrole nitrogens is 1. The summed E-state index contributed by atoms with van der Waals surface area (Å²) < 4.78 is 5.00. The molecule has 4 aromatic rings. The number of benzene rings is 1. The third-order valence-corrected chi connectivity index (χ3v) is 3.20. The van der Waals surface area contributed by atoms with E-state index in [1.54, 1.807) is 6.92 Å². The summed E-state index contributed by atoms with van der Waals surface area (Å²) in [6.45, 7) is 1.76. The zero-order chi connectivity index (χ0) is 13.7. The third kappa shape index (κ3) is 1.46. The van der Waals surface area contributed by atoms with E-state index in [2.05, 4.69) is 25.1 Å². The van der Waals surface area contributed by atoms with Gasteiger partial charge in [0.05, 0.1) is 5.39 Å². The second kappa shape index (κ2) is 3.77. The molecule has 0 saturated carbocycles. The third-order valence-electron chi connectivity index (χ3n) is 3.20. The second-order valence-corrected chi connectivity index (χ2v) is 4.50. The lowest BCUT2D eigenvalue weighted by atomic mass is 10.1. The summed E-state index contributed by atoms with van der Waals surface area (Å²) in [6, 6.07) is 5.82. The number of aryl methyl sites for hydroxylation is 1. The summed E-state index contributed by atoms with van der Waals surface area (Å²) in [6.07, 6.45) is 1.44. The first-order valence-corrected chi connectivity index (χ1v) is 6.05. The lowest BCUT2D eigenvalue weighted by molar-refractivity contribution is 0.394. The van der Waals surface area contributed by atoms with Crippen molar-refractivity contribution in [3.8, 4) is 11.4 Å². The first-order valence-electron chi connectivity index (χ1n) is 6.05. The van der Waals surface area contributed by atoms with Crippen molar-refractivity contribution in [2.24, 2.45) is 0 Å². The van der Waals surface area contributed by atoms with E-state index in [-0.39, 0.29) is 0 Å². The SMILES string of the molecule is Cc1nc(-c2ccc3c(c2)[nH]c2ncnc(N)c23)no1. The van der Waals surface area contributed by atoms with E-state index in [1.165, 1.54) is 6.33 Å².